The molecule has 0 radical (unpaired) electrons. The van der Waals surface area contributed by atoms with Gasteiger partial charge in [-0.05, 0) is 31.1 Å². The van der Waals surface area contributed by atoms with Crippen LogP contribution in [0.5, 0.6) is 0 Å². The normalized spacial score (nSPS) is 40.6. The van der Waals surface area contributed by atoms with Crippen LogP contribution in [0.15, 0.2) is 0 Å². The van der Waals surface area contributed by atoms with Crippen LogP contribution < -0.4 is 5.32 Å². The number of terminal acetylenes is 1. The lowest BCUT2D eigenvalue weighted by Crippen LogP contribution is -2.38. The first kappa shape index (κ1) is 8.62. The van der Waals surface area contributed by atoms with Gasteiger partial charge in [-0.1, -0.05) is 12.8 Å². The smallest absolute Gasteiger partial charge is 0.226 e. The molecule has 2 atom stereocenters. The Morgan fingerprint density at radius 1 is 1.62 bits per heavy atom. The summed E-state index contributed by atoms with van der Waals surface area (Å²) in [5.41, 5.74) is -0.121. The maximum absolute atomic E-state index is 11.7. The maximum atomic E-state index is 11.7. The SMILES string of the molecule is C#CCNC(=O)C1(C)CC2CC2C1. The largest absolute Gasteiger partial charge is 0.345 e. The molecule has 0 aromatic rings. The van der Waals surface area contributed by atoms with Gasteiger partial charge in [0.1, 0.15) is 0 Å². The van der Waals surface area contributed by atoms with Gasteiger partial charge in [0.25, 0.3) is 0 Å². The zero-order valence-electron chi connectivity index (χ0n) is 7.97. The van der Waals surface area contributed by atoms with Crippen molar-refractivity contribution in [2.45, 2.75) is 26.2 Å². The standard InChI is InChI=1S/C11H15NO/c1-3-4-12-10(13)11(2)6-8-5-9(8)7-11/h1,8-9H,4-7H2,2H3,(H,12,13). The minimum absolute atomic E-state index is 0.121. The van der Waals surface area contributed by atoms with Crippen LogP contribution in [0.25, 0.3) is 0 Å². The maximum Gasteiger partial charge on any atom is 0.226 e. The van der Waals surface area contributed by atoms with Crippen LogP contribution >= 0.6 is 0 Å². The molecule has 2 nitrogen and oxygen atoms in total. The van der Waals surface area contributed by atoms with E-state index in [9.17, 15) is 4.79 Å². The minimum atomic E-state index is -0.121. The summed E-state index contributed by atoms with van der Waals surface area (Å²) in [4.78, 5) is 11.7. The topological polar surface area (TPSA) is 29.1 Å². The van der Waals surface area contributed by atoms with E-state index >= 15 is 0 Å². The number of fused-ring (bicyclic) bond motifs is 1. The molecule has 0 aromatic heterocycles. The van der Waals surface area contributed by atoms with Gasteiger partial charge in [0.15, 0.2) is 0 Å². The predicted molar refractivity (Wildman–Crippen MR) is 50.8 cm³/mol. The number of nitrogens with one attached hydrogen (secondary N) is 1. The van der Waals surface area contributed by atoms with Gasteiger partial charge in [-0.2, -0.15) is 0 Å². The van der Waals surface area contributed by atoms with Crippen molar-refractivity contribution in [2.24, 2.45) is 17.3 Å². The third-order valence-corrected chi connectivity index (χ3v) is 3.39. The van der Waals surface area contributed by atoms with E-state index in [1.165, 1.54) is 6.42 Å². The van der Waals surface area contributed by atoms with E-state index < -0.39 is 0 Å². The third kappa shape index (κ3) is 1.44. The zero-order valence-corrected chi connectivity index (χ0v) is 7.97. The number of carbonyl (C=O) groups is 1. The van der Waals surface area contributed by atoms with Crippen LogP contribution in [0.4, 0.5) is 0 Å². The summed E-state index contributed by atoms with van der Waals surface area (Å²) >= 11 is 0. The van der Waals surface area contributed by atoms with Crippen molar-refractivity contribution in [3.63, 3.8) is 0 Å². The minimum Gasteiger partial charge on any atom is -0.345 e. The van der Waals surface area contributed by atoms with Crippen molar-refractivity contribution in [1.29, 1.82) is 0 Å². The molecule has 0 heterocycles. The van der Waals surface area contributed by atoms with Crippen LogP contribution in [0.2, 0.25) is 0 Å². The molecule has 2 fully saturated rings. The molecular formula is C11H15NO. The fourth-order valence-electron chi connectivity index (χ4n) is 2.58. The molecule has 2 unspecified atom stereocenters. The number of hydrogen-bond acceptors (Lipinski definition) is 1. The molecule has 0 aromatic carbocycles. The van der Waals surface area contributed by atoms with Gasteiger partial charge in [0.05, 0.1) is 6.54 Å². The molecular weight excluding hydrogens is 162 g/mol. The first-order valence-electron chi connectivity index (χ1n) is 4.87. The van der Waals surface area contributed by atoms with Gasteiger partial charge in [-0.25, -0.2) is 0 Å². The summed E-state index contributed by atoms with van der Waals surface area (Å²) < 4.78 is 0. The molecule has 1 amide bonds. The molecule has 2 aliphatic carbocycles. The average Bonchev–Trinajstić information content (AvgIpc) is 2.71. The highest BCUT2D eigenvalue weighted by atomic mass is 16.2. The Morgan fingerprint density at radius 2 is 2.23 bits per heavy atom. The molecule has 2 rings (SSSR count). The van der Waals surface area contributed by atoms with Gasteiger partial charge < -0.3 is 5.32 Å². The van der Waals surface area contributed by atoms with Crippen molar-refractivity contribution < 1.29 is 4.79 Å². The summed E-state index contributed by atoms with van der Waals surface area (Å²) in [6.45, 7) is 2.43. The first-order chi connectivity index (χ1) is 6.15. The second kappa shape index (κ2) is 2.77. The lowest BCUT2D eigenvalue weighted by atomic mass is 9.84. The average molecular weight is 177 g/mol. The molecule has 0 bridgehead atoms. The van der Waals surface area contributed by atoms with E-state index in [0.29, 0.717) is 6.54 Å². The van der Waals surface area contributed by atoms with Crippen molar-refractivity contribution in [3.05, 3.63) is 0 Å². The Morgan fingerprint density at radius 3 is 2.77 bits per heavy atom. The van der Waals surface area contributed by atoms with Crippen molar-refractivity contribution in [1.82, 2.24) is 5.32 Å². The molecule has 13 heavy (non-hydrogen) atoms. The molecule has 1 N–H and O–H groups in total. The van der Waals surface area contributed by atoms with E-state index in [1.807, 2.05) is 0 Å². The van der Waals surface area contributed by atoms with Crippen LogP contribution in [0.1, 0.15) is 26.2 Å². The Balaban J connectivity index is 1.92. The highest BCUT2D eigenvalue weighted by Crippen LogP contribution is 2.59. The van der Waals surface area contributed by atoms with E-state index in [-0.39, 0.29) is 11.3 Å². The molecule has 0 spiro atoms. The summed E-state index contributed by atoms with van der Waals surface area (Å²) in [6.07, 6.45) is 8.56. The van der Waals surface area contributed by atoms with Crippen LogP contribution in [-0.2, 0) is 4.79 Å². The molecule has 2 heteroatoms. The van der Waals surface area contributed by atoms with Crippen molar-refractivity contribution >= 4 is 5.91 Å². The molecule has 0 saturated heterocycles. The highest BCUT2D eigenvalue weighted by molar-refractivity contribution is 5.83. The highest BCUT2D eigenvalue weighted by Gasteiger charge is 2.54. The molecule has 2 aliphatic rings. The predicted octanol–water partition coefficient (Wildman–Crippen LogP) is 1.17. The van der Waals surface area contributed by atoms with E-state index in [0.717, 1.165) is 24.7 Å². The molecule has 0 aliphatic heterocycles. The van der Waals surface area contributed by atoms with Gasteiger partial charge in [0, 0.05) is 5.41 Å². The van der Waals surface area contributed by atoms with Gasteiger partial charge >= 0.3 is 0 Å². The van der Waals surface area contributed by atoms with E-state index in [4.69, 9.17) is 6.42 Å². The number of carbonyl (C=O) groups excluding carboxylic acids is 1. The van der Waals surface area contributed by atoms with Crippen LogP contribution in [0.3, 0.4) is 0 Å². The van der Waals surface area contributed by atoms with Crippen molar-refractivity contribution in [2.75, 3.05) is 6.54 Å². The summed E-state index contributed by atoms with van der Waals surface area (Å²) in [5, 5.41) is 2.78. The fraction of sp³-hybridized carbons (Fsp3) is 0.727. The van der Waals surface area contributed by atoms with Crippen LogP contribution in [-0.4, -0.2) is 12.5 Å². The monoisotopic (exact) mass is 177 g/mol. The van der Waals surface area contributed by atoms with Crippen molar-refractivity contribution in [3.8, 4) is 12.3 Å². The van der Waals surface area contributed by atoms with E-state index in [2.05, 4.69) is 18.2 Å². The molecule has 70 valence electrons. The fourth-order valence-corrected chi connectivity index (χ4v) is 2.58. The Labute approximate surface area is 79.1 Å². The lowest BCUT2D eigenvalue weighted by Gasteiger charge is -2.23. The summed E-state index contributed by atoms with van der Waals surface area (Å²) in [6, 6.07) is 0. The molecule has 2 saturated carbocycles. The van der Waals surface area contributed by atoms with Gasteiger partial charge in [-0.15, -0.1) is 6.42 Å². The second-order valence-corrected chi connectivity index (χ2v) is 4.61. The first-order valence-corrected chi connectivity index (χ1v) is 4.87. The Hall–Kier alpha value is -0.970. The Kier molecular flexibility index (Phi) is 1.83. The quantitative estimate of drug-likeness (QED) is 0.630. The number of amides is 1. The third-order valence-electron chi connectivity index (χ3n) is 3.39. The summed E-state index contributed by atoms with van der Waals surface area (Å²) in [7, 11) is 0. The lowest BCUT2D eigenvalue weighted by molar-refractivity contribution is -0.130. The second-order valence-electron chi connectivity index (χ2n) is 4.61. The Bertz CT molecular complexity index is 266. The summed E-state index contributed by atoms with van der Waals surface area (Å²) in [5.74, 6) is 4.25. The van der Waals surface area contributed by atoms with Crippen LogP contribution in [0, 0.1) is 29.6 Å². The number of rotatable bonds is 2. The van der Waals surface area contributed by atoms with Gasteiger partial charge in [-0.3, -0.25) is 4.79 Å². The van der Waals surface area contributed by atoms with E-state index in [1.54, 1.807) is 0 Å². The number of hydrogen-bond donors (Lipinski definition) is 1. The zero-order chi connectivity index (χ0) is 9.47. The van der Waals surface area contributed by atoms with Gasteiger partial charge in [0.2, 0.25) is 5.91 Å².